The lowest BCUT2D eigenvalue weighted by Crippen LogP contribution is -2.11. The fourth-order valence-corrected chi connectivity index (χ4v) is 2.56. The standard InChI is InChI=1S/C16H13F3N2O2/c17-16(18,19)13-3-1-2-12-14(10-4-6-11(23)7-5-10)20-21(8-9-22)15(12)13/h1-7,22-23H,8-9H2. The first kappa shape index (κ1) is 15.4. The van der Waals surface area contributed by atoms with E-state index in [9.17, 15) is 18.3 Å². The second-order valence-electron chi connectivity index (χ2n) is 5.04. The lowest BCUT2D eigenvalue weighted by atomic mass is 10.0. The molecule has 0 saturated carbocycles. The summed E-state index contributed by atoms with van der Waals surface area (Å²) in [4.78, 5) is 0. The number of hydrogen-bond acceptors (Lipinski definition) is 3. The first-order valence-corrected chi connectivity index (χ1v) is 6.89. The number of alkyl halides is 3. The van der Waals surface area contributed by atoms with Gasteiger partial charge < -0.3 is 10.2 Å². The van der Waals surface area contributed by atoms with Crippen LogP contribution in [0.5, 0.6) is 5.75 Å². The molecule has 0 atom stereocenters. The van der Waals surface area contributed by atoms with E-state index < -0.39 is 11.7 Å². The van der Waals surface area contributed by atoms with E-state index in [1.54, 1.807) is 18.2 Å². The van der Waals surface area contributed by atoms with Crippen LogP contribution in [0.1, 0.15) is 5.56 Å². The third-order valence-corrected chi connectivity index (χ3v) is 3.53. The minimum Gasteiger partial charge on any atom is -0.508 e. The lowest BCUT2D eigenvalue weighted by Gasteiger charge is -2.10. The van der Waals surface area contributed by atoms with Crippen LogP contribution < -0.4 is 0 Å². The summed E-state index contributed by atoms with van der Waals surface area (Å²) in [6.45, 7) is -0.361. The molecule has 0 radical (unpaired) electrons. The Morgan fingerprint density at radius 2 is 1.74 bits per heavy atom. The summed E-state index contributed by atoms with van der Waals surface area (Å²) in [7, 11) is 0. The van der Waals surface area contributed by atoms with Crippen molar-refractivity contribution in [1.29, 1.82) is 0 Å². The van der Waals surface area contributed by atoms with Crippen LogP contribution >= 0.6 is 0 Å². The molecule has 0 spiro atoms. The third-order valence-electron chi connectivity index (χ3n) is 3.53. The van der Waals surface area contributed by atoms with Crippen LogP contribution in [0.2, 0.25) is 0 Å². The minimum absolute atomic E-state index is 0.0400. The van der Waals surface area contributed by atoms with Gasteiger partial charge in [-0.2, -0.15) is 18.3 Å². The highest BCUT2D eigenvalue weighted by molar-refractivity contribution is 5.95. The molecule has 2 aromatic carbocycles. The predicted molar refractivity (Wildman–Crippen MR) is 78.9 cm³/mol. The van der Waals surface area contributed by atoms with Crippen molar-refractivity contribution in [1.82, 2.24) is 9.78 Å². The molecule has 1 heterocycles. The summed E-state index contributed by atoms with van der Waals surface area (Å²) in [6.07, 6.45) is -4.51. The smallest absolute Gasteiger partial charge is 0.418 e. The van der Waals surface area contributed by atoms with Gasteiger partial charge in [0.25, 0.3) is 0 Å². The van der Waals surface area contributed by atoms with Crippen LogP contribution in [0.25, 0.3) is 22.2 Å². The van der Waals surface area contributed by atoms with E-state index in [1.165, 1.54) is 22.9 Å². The van der Waals surface area contributed by atoms with E-state index in [1.807, 2.05) is 0 Å². The average molecular weight is 322 g/mol. The number of aromatic hydroxyl groups is 1. The maximum absolute atomic E-state index is 13.3. The van der Waals surface area contributed by atoms with Gasteiger partial charge in [-0.3, -0.25) is 4.68 Å². The number of halogens is 3. The number of phenols is 1. The van der Waals surface area contributed by atoms with Crippen LogP contribution in [-0.2, 0) is 12.7 Å². The molecule has 1 aromatic heterocycles. The quantitative estimate of drug-likeness (QED) is 0.777. The molecule has 0 aliphatic carbocycles. The Hall–Kier alpha value is -2.54. The fraction of sp³-hybridized carbons (Fsp3) is 0.188. The molecule has 120 valence electrons. The van der Waals surface area contributed by atoms with Crippen molar-refractivity contribution >= 4 is 10.9 Å². The van der Waals surface area contributed by atoms with Gasteiger partial charge in [0.2, 0.25) is 0 Å². The number of benzene rings is 2. The first-order chi connectivity index (χ1) is 10.9. The molecule has 0 aliphatic rings. The molecule has 3 aromatic rings. The zero-order chi connectivity index (χ0) is 16.6. The molecule has 0 aliphatic heterocycles. The molecule has 0 amide bonds. The van der Waals surface area contributed by atoms with E-state index in [4.69, 9.17) is 5.11 Å². The Morgan fingerprint density at radius 3 is 2.35 bits per heavy atom. The van der Waals surface area contributed by atoms with Crippen molar-refractivity contribution < 1.29 is 23.4 Å². The van der Waals surface area contributed by atoms with Crippen LogP contribution in [-0.4, -0.2) is 26.6 Å². The number of aromatic nitrogens is 2. The van der Waals surface area contributed by atoms with Crippen LogP contribution in [0.15, 0.2) is 42.5 Å². The normalized spacial score (nSPS) is 12.0. The first-order valence-electron chi connectivity index (χ1n) is 6.89. The van der Waals surface area contributed by atoms with E-state index >= 15 is 0 Å². The highest BCUT2D eigenvalue weighted by Gasteiger charge is 2.34. The molecule has 23 heavy (non-hydrogen) atoms. The van der Waals surface area contributed by atoms with E-state index in [0.29, 0.717) is 16.6 Å². The Kier molecular flexibility index (Phi) is 3.73. The summed E-state index contributed by atoms with van der Waals surface area (Å²) >= 11 is 0. The molecular formula is C16H13F3N2O2. The van der Waals surface area contributed by atoms with Gasteiger partial charge in [0.15, 0.2) is 0 Å². The van der Waals surface area contributed by atoms with E-state index in [-0.39, 0.29) is 24.4 Å². The number of fused-ring (bicyclic) bond motifs is 1. The van der Waals surface area contributed by atoms with Gasteiger partial charge >= 0.3 is 6.18 Å². The summed E-state index contributed by atoms with van der Waals surface area (Å²) in [5.41, 5.74) is 0.112. The highest BCUT2D eigenvalue weighted by atomic mass is 19.4. The molecular weight excluding hydrogens is 309 g/mol. The van der Waals surface area contributed by atoms with Crippen LogP contribution in [0, 0.1) is 0 Å². The molecule has 4 nitrogen and oxygen atoms in total. The van der Waals surface area contributed by atoms with Crippen molar-refractivity contribution in [3.63, 3.8) is 0 Å². The maximum Gasteiger partial charge on any atom is 0.418 e. The second-order valence-corrected chi connectivity index (χ2v) is 5.04. The van der Waals surface area contributed by atoms with Gasteiger partial charge in [0.05, 0.1) is 24.2 Å². The van der Waals surface area contributed by atoms with Crippen molar-refractivity contribution in [2.24, 2.45) is 0 Å². The topological polar surface area (TPSA) is 58.3 Å². The monoisotopic (exact) mass is 322 g/mol. The number of para-hydroxylation sites is 1. The van der Waals surface area contributed by atoms with Crippen LogP contribution in [0.3, 0.4) is 0 Å². The number of aliphatic hydroxyl groups excluding tert-OH is 1. The van der Waals surface area contributed by atoms with Gasteiger partial charge in [-0.1, -0.05) is 12.1 Å². The number of nitrogens with zero attached hydrogens (tertiary/aromatic N) is 2. The predicted octanol–water partition coefficient (Wildman–Crippen LogP) is 3.42. The highest BCUT2D eigenvalue weighted by Crippen LogP contribution is 2.38. The van der Waals surface area contributed by atoms with E-state index in [0.717, 1.165) is 6.07 Å². The fourth-order valence-electron chi connectivity index (χ4n) is 2.56. The van der Waals surface area contributed by atoms with Gasteiger partial charge in [-0.15, -0.1) is 0 Å². The zero-order valence-corrected chi connectivity index (χ0v) is 11.9. The van der Waals surface area contributed by atoms with Gasteiger partial charge in [-0.25, -0.2) is 0 Å². The van der Waals surface area contributed by atoms with Crippen molar-refractivity contribution in [2.75, 3.05) is 6.61 Å². The summed E-state index contributed by atoms with van der Waals surface area (Å²) < 4.78 is 41.0. The lowest BCUT2D eigenvalue weighted by molar-refractivity contribution is -0.136. The zero-order valence-electron chi connectivity index (χ0n) is 11.9. The summed E-state index contributed by atoms with van der Waals surface area (Å²) in [6, 6.07) is 9.95. The molecule has 3 rings (SSSR count). The number of hydrogen-bond donors (Lipinski definition) is 2. The van der Waals surface area contributed by atoms with Gasteiger partial charge in [0, 0.05) is 10.9 Å². The summed E-state index contributed by atoms with van der Waals surface area (Å²) in [5, 5.41) is 23.0. The maximum atomic E-state index is 13.3. The molecule has 0 unspecified atom stereocenters. The average Bonchev–Trinajstić information content (AvgIpc) is 2.86. The number of rotatable bonds is 3. The van der Waals surface area contributed by atoms with Crippen molar-refractivity contribution in [3.8, 4) is 17.0 Å². The van der Waals surface area contributed by atoms with Gasteiger partial charge in [-0.05, 0) is 30.3 Å². The second kappa shape index (κ2) is 5.58. The molecule has 7 heteroatoms. The molecule has 0 saturated heterocycles. The minimum atomic E-state index is -4.51. The molecule has 0 fully saturated rings. The number of aliphatic hydroxyl groups is 1. The Labute approximate surface area is 129 Å². The van der Waals surface area contributed by atoms with Crippen molar-refractivity contribution in [2.45, 2.75) is 12.7 Å². The third kappa shape index (κ3) is 2.75. The number of phenolic OH excluding ortho intramolecular Hbond substituents is 1. The summed E-state index contributed by atoms with van der Waals surface area (Å²) in [5.74, 6) is 0.0591. The van der Waals surface area contributed by atoms with E-state index in [2.05, 4.69) is 5.10 Å². The Balaban J connectivity index is 2.30. The molecule has 2 N–H and O–H groups in total. The Morgan fingerprint density at radius 1 is 1.04 bits per heavy atom. The van der Waals surface area contributed by atoms with Crippen molar-refractivity contribution in [3.05, 3.63) is 48.0 Å². The molecule has 0 bridgehead atoms. The van der Waals surface area contributed by atoms with Gasteiger partial charge in [0.1, 0.15) is 11.4 Å². The van der Waals surface area contributed by atoms with Crippen LogP contribution in [0.4, 0.5) is 13.2 Å². The Bertz CT molecular complexity index is 839. The SMILES string of the molecule is OCCn1nc(-c2ccc(O)cc2)c2cccc(C(F)(F)F)c21. The largest absolute Gasteiger partial charge is 0.508 e.